The fourth-order valence-electron chi connectivity index (χ4n) is 4.61. The molecule has 2 aliphatic rings. The summed E-state index contributed by atoms with van der Waals surface area (Å²) >= 11 is 0. The van der Waals surface area contributed by atoms with Crippen molar-refractivity contribution in [1.82, 2.24) is 5.32 Å². The monoisotopic (exact) mass is 489 g/mol. The second kappa shape index (κ2) is 11.7. The normalized spacial score (nSPS) is 25.4. The summed E-state index contributed by atoms with van der Waals surface area (Å²) in [5.41, 5.74) is 2.20. The molecule has 7 heteroatoms. The van der Waals surface area contributed by atoms with Gasteiger partial charge in [0.2, 0.25) is 0 Å². The van der Waals surface area contributed by atoms with Gasteiger partial charge in [-0.25, -0.2) is 4.79 Å². The summed E-state index contributed by atoms with van der Waals surface area (Å²) < 4.78 is 30.6. The van der Waals surface area contributed by atoms with E-state index in [9.17, 15) is 4.79 Å². The van der Waals surface area contributed by atoms with Gasteiger partial charge in [-0.2, -0.15) is 0 Å². The zero-order chi connectivity index (χ0) is 24.6. The zero-order valence-electron chi connectivity index (χ0n) is 20.1. The van der Waals surface area contributed by atoms with Gasteiger partial charge in [-0.15, -0.1) is 0 Å². The summed E-state index contributed by atoms with van der Waals surface area (Å²) in [5, 5.41) is 2.86. The van der Waals surface area contributed by atoms with Gasteiger partial charge >= 0.3 is 6.09 Å². The minimum atomic E-state index is -0.980. The van der Waals surface area contributed by atoms with Gasteiger partial charge in [-0.05, 0) is 16.7 Å². The largest absolute Gasteiger partial charge is 0.444 e. The van der Waals surface area contributed by atoms with Crippen LogP contribution in [0.15, 0.2) is 91.0 Å². The minimum absolute atomic E-state index is 0.109. The third-order valence-electron chi connectivity index (χ3n) is 6.39. The highest BCUT2D eigenvalue weighted by atomic mass is 16.6. The zero-order valence-corrected chi connectivity index (χ0v) is 20.1. The van der Waals surface area contributed by atoms with Crippen molar-refractivity contribution in [3.05, 3.63) is 108 Å². The molecular formula is C29H31NO6. The highest BCUT2D eigenvalue weighted by Crippen LogP contribution is 2.35. The number of nitrogens with one attached hydrogen (secondary N) is 1. The van der Waals surface area contributed by atoms with Crippen LogP contribution in [0.4, 0.5) is 4.79 Å². The molecule has 0 aromatic heterocycles. The van der Waals surface area contributed by atoms with Crippen LogP contribution >= 0.6 is 0 Å². The number of carbonyl (C=O) groups is 1. The first-order valence-corrected chi connectivity index (χ1v) is 12.2. The van der Waals surface area contributed by atoms with E-state index in [2.05, 4.69) is 5.32 Å². The Bertz CT molecular complexity index is 1100. The van der Waals surface area contributed by atoms with Gasteiger partial charge in [0.15, 0.2) is 5.72 Å². The summed E-state index contributed by atoms with van der Waals surface area (Å²) in [6, 6.07) is 30.0. The number of rotatable bonds is 10. The van der Waals surface area contributed by atoms with Crippen LogP contribution in [0.1, 0.15) is 23.1 Å². The lowest BCUT2D eigenvalue weighted by molar-refractivity contribution is -0.257. The Morgan fingerprint density at radius 3 is 1.89 bits per heavy atom. The minimum Gasteiger partial charge on any atom is -0.444 e. The Labute approximate surface area is 211 Å². The summed E-state index contributed by atoms with van der Waals surface area (Å²) in [5.74, 6) is 0. The Kier molecular flexibility index (Phi) is 7.93. The van der Waals surface area contributed by atoms with Crippen LogP contribution in [0.5, 0.6) is 0 Å². The summed E-state index contributed by atoms with van der Waals surface area (Å²) in [6.45, 7) is 1.65. The van der Waals surface area contributed by atoms with Gasteiger partial charge in [0.1, 0.15) is 18.8 Å². The van der Waals surface area contributed by atoms with Crippen molar-refractivity contribution >= 4 is 6.09 Å². The SMILES string of the molecule is O=C1N[C@@]2(CO1)C[C@@H](OCc1ccccc1)[C@H](OCc1ccccc1)C(COCc1ccccc1)O2. The van der Waals surface area contributed by atoms with E-state index < -0.39 is 24.0 Å². The first kappa shape index (κ1) is 24.5. The number of alkyl carbamates (subject to hydrolysis) is 1. The molecule has 0 bridgehead atoms. The van der Waals surface area contributed by atoms with Crippen LogP contribution in [-0.4, -0.2) is 43.3 Å². The molecule has 1 spiro atoms. The van der Waals surface area contributed by atoms with E-state index in [4.69, 9.17) is 23.7 Å². The third kappa shape index (κ3) is 6.30. The second-order valence-corrected chi connectivity index (χ2v) is 9.15. The van der Waals surface area contributed by atoms with Crippen LogP contribution in [-0.2, 0) is 43.5 Å². The third-order valence-corrected chi connectivity index (χ3v) is 6.39. The number of hydrogen-bond donors (Lipinski definition) is 1. The molecule has 5 rings (SSSR count). The van der Waals surface area contributed by atoms with Crippen LogP contribution in [0.25, 0.3) is 0 Å². The van der Waals surface area contributed by atoms with Crippen molar-refractivity contribution in [2.24, 2.45) is 0 Å². The van der Waals surface area contributed by atoms with E-state index in [-0.39, 0.29) is 19.3 Å². The van der Waals surface area contributed by atoms with E-state index in [1.54, 1.807) is 0 Å². The number of carbonyl (C=O) groups excluding carboxylic acids is 1. The Balaban J connectivity index is 1.34. The predicted octanol–water partition coefficient (Wildman–Crippen LogP) is 4.60. The molecule has 0 aliphatic carbocycles. The van der Waals surface area contributed by atoms with Gasteiger partial charge in [0.25, 0.3) is 0 Å². The molecule has 2 saturated heterocycles. The average Bonchev–Trinajstić information content (AvgIpc) is 3.27. The van der Waals surface area contributed by atoms with Crippen molar-refractivity contribution in [1.29, 1.82) is 0 Å². The van der Waals surface area contributed by atoms with Gasteiger partial charge in [-0.3, -0.25) is 5.32 Å². The van der Waals surface area contributed by atoms with E-state index in [1.165, 1.54) is 0 Å². The first-order chi connectivity index (χ1) is 17.7. The molecule has 1 unspecified atom stereocenters. The van der Waals surface area contributed by atoms with Crippen LogP contribution in [0, 0.1) is 0 Å². The van der Waals surface area contributed by atoms with Crippen molar-refractivity contribution in [3.63, 3.8) is 0 Å². The molecule has 36 heavy (non-hydrogen) atoms. The fourth-order valence-corrected chi connectivity index (χ4v) is 4.61. The highest BCUT2D eigenvalue weighted by Gasteiger charge is 2.53. The molecule has 0 saturated carbocycles. The van der Waals surface area contributed by atoms with Gasteiger partial charge in [-0.1, -0.05) is 91.0 Å². The van der Waals surface area contributed by atoms with E-state index >= 15 is 0 Å². The van der Waals surface area contributed by atoms with Crippen molar-refractivity contribution in [2.75, 3.05) is 13.2 Å². The van der Waals surface area contributed by atoms with Gasteiger partial charge in [0.05, 0.1) is 32.5 Å². The lowest BCUT2D eigenvalue weighted by Crippen LogP contribution is -2.62. The molecule has 3 aromatic rings. The van der Waals surface area contributed by atoms with Crippen LogP contribution in [0.3, 0.4) is 0 Å². The maximum absolute atomic E-state index is 12.0. The Morgan fingerprint density at radius 2 is 1.33 bits per heavy atom. The van der Waals surface area contributed by atoms with E-state index in [0.717, 1.165) is 16.7 Å². The molecule has 1 amide bonds. The van der Waals surface area contributed by atoms with Crippen molar-refractivity contribution in [2.45, 2.75) is 50.3 Å². The molecular weight excluding hydrogens is 458 g/mol. The molecule has 2 heterocycles. The summed E-state index contributed by atoms with van der Waals surface area (Å²) in [7, 11) is 0. The topological polar surface area (TPSA) is 75.3 Å². The number of amides is 1. The lowest BCUT2D eigenvalue weighted by Gasteiger charge is -2.45. The van der Waals surface area contributed by atoms with Gasteiger partial charge < -0.3 is 23.7 Å². The van der Waals surface area contributed by atoms with Crippen molar-refractivity contribution in [3.8, 4) is 0 Å². The second-order valence-electron chi connectivity index (χ2n) is 9.15. The predicted molar refractivity (Wildman–Crippen MR) is 133 cm³/mol. The molecule has 7 nitrogen and oxygen atoms in total. The Hall–Kier alpha value is -3.23. The standard InChI is InChI=1S/C29H31NO6/c31-28-30-29(21-35-28)16-25(33-18-23-12-6-2-7-13-23)27(34-19-24-14-8-3-9-15-24)26(36-29)20-32-17-22-10-4-1-5-11-22/h1-15,25-27H,16-21H2,(H,30,31)/t25-,26?,27+,29+/m1/s1. The molecule has 1 N–H and O–H groups in total. The maximum atomic E-state index is 12.0. The molecule has 2 aliphatic heterocycles. The maximum Gasteiger partial charge on any atom is 0.409 e. The fraction of sp³-hybridized carbons (Fsp3) is 0.345. The Morgan fingerprint density at radius 1 is 0.778 bits per heavy atom. The number of ether oxygens (including phenoxy) is 5. The smallest absolute Gasteiger partial charge is 0.409 e. The molecule has 188 valence electrons. The average molecular weight is 490 g/mol. The molecule has 0 radical (unpaired) electrons. The van der Waals surface area contributed by atoms with E-state index in [1.807, 2.05) is 91.0 Å². The highest BCUT2D eigenvalue weighted by molar-refractivity contribution is 5.70. The number of cyclic esters (lactones) is 1. The molecule has 2 fully saturated rings. The number of hydrogen-bond acceptors (Lipinski definition) is 6. The quantitative estimate of drug-likeness (QED) is 0.449. The first-order valence-electron chi connectivity index (χ1n) is 12.2. The van der Waals surface area contributed by atoms with Crippen LogP contribution < -0.4 is 5.32 Å². The van der Waals surface area contributed by atoms with Crippen molar-refractivity contribution < 1.29 is 28.5 Å². The lowest BCUT2D eigenvalue weighted by atomic mass is 9.93. The number of benzene rings is 3. The van der Waals surface area contributed by atoms with Gasteiger partial charge in [0, 0.05) is 6.42 Å². The molecule has 4 atom stereocenters. The van der Waals surface area contributed by atoms with E-state index in [0.29, 0.717) is 26.2 Å². The molecule has 3 aromatic carbocycles. The van der Waals surface area contributed by atoms with Crippen LogP contribution in [0.2, 0.25) is 0 Å². The summed E-state index contributed by atoms with van der Waals surface area (Å²) in [4.78, 5) is 12.0. The summed E-state index contributed by atoms with van der Waals surface area (Å²) in [6.07, 6.45) is -1.33.